The van der Waals surface area contributed by atoms with Gasteiger partial charge in [0, 0.05) is 32.5 Å². The Hall–Kier alpha value is -2.99. The number of ether oxygens (including phenoxy) is 1. The minimum Gasteiger partial charge on any atom is -0.388 e. The lowest BCUT2D eigenvalue weighted by Gasteiger charge is -2.00. The number of benzene rings is 1. The van der Waals surface area contributed by atoms with Gasteiger partial charge in [-0.2, -0.15) is 0 Å². The maximum absolute atomic E-state index is 11.5. The summed E-state index contributed by atoms with van der Waals surface area (Å²) in [7, 11) is 3.25. The topological polar surface area (TPSA) is 72.7 Å². The van der Waals surface area contributed by atoms with Crippen molar-refractivity contribution in [2.24, 2.45) is 0 Å². The van der Waals surface area contributed by atoms with Crippen molar-refractivity contribution in [2.45, 2.75) is 13.8 Å². The van der Waals surface area contributed by atoms with Crippen molar-refractivity contribution >= 4 is 17.8 Å². The molecule has 0 fully saturated rings. The normalized spacial score (nSPS) is 9.38. The van der Waals surface area contributed by atoms with Crippen LogP contribution < -0.4 is 5.32 Å². The zero-order chi connectivity index (χ0) is 19.4. The molecule has 1 aromatic carbocycles. The summed E-state index contributed by atoms with van der Waals surface area (Å²) < 4.78 is 6.02. The molecule has 138 valence electrons. The number of fused-ring (bicyclic) bond motifs is 1. The molecule has 3 aromatic rings. The molecule has 0 aliphatic carbocycles. The fourth-order valence-corrected chi connectivity index (χ4v) is 2.00. The maximum Gasteiger partial charge on any atom is 0.269 e. The van der Waals surface area contributed by atoms with E-state index in [9.17, 15) is 9.59 Å². The summed E-state index contributed by atoms with van der Waals surface area (Å²) in [6.45, 7) is 4.51. The van der Waals surface area contributed by atoms with Crippen LogP contribution in [-0.4, -0.2) is 42.3 Å². The lowest BCUT2D eigenvalue weighted by Crippen LogP contribution is -2.23. The minimum atomic E-state index is -0.0915. The third kappa shape index (κ3) is 6.49. The monoisotopic (exact) mass is 355 g/mol. The highest BCUT2D eigenvalue weighted by atomic mass is 16.4. The first-order valence-corrected chi connectivity index (χ1v) is 8.19. The first kappa shape index (κ1) is 21.1. The minimum absolute atomic E-state index is 0.0915. The standard InChI is InChI=1S/C10H11N3O.C8H8O.C2H6O/c1-2-11-10(14)8-7-12-9-5-3-4-6-13(8)9;1-7-2-4-8(6-9)5-3-7;1-3-2/h3-7H,2H2,1H3,(H,11,14);2-6H,1H3;1-2H3. The SMILES string of the molecule is CCNC(=O)c1cnc2ccccn12.COC.Cc1ccc(C=O)cc1. The highest BCUT2D eigenvalue weighted by Crippen LogP contribution is 2.05. The van der Waals surface area contributed by atoms with Crippen LogP contribution in [0.25, 0.3) is 5.65 Å². The number of hydrogen-bond acceptors (Lipinski definition) is 4. The molecule has 3 rings (SSSR count). The summed E-state index contributed by atoms with van der Waals surface area (Å²) >= 11 is 0. The number of carbonyl (C=O) groups is 2. The van der Waals surface area contributed by atoms with Crippen molar-refractivity contribution in [2.75, 3.05) is 20.8 Å². The number of hydrogen-bond donors (Lipinski definition) is 1. The van der Waals surface area contributed by atoms with Gasteiger partial charge in [-0.15, -0.1) is 0 Å². The Labute approximate surface area is 153 Å². The van der Waals surface area contributed by atoms with E-state index in [1.54, 1.807) is 24.8 Å². The third-order valence-electron chi connectivity index (χ3n) is 3.20. The van der Waals surface area contributed by atoms with E-state index in [-0.39, 0.29) is 5.91 Å². The number of aldehydes is 1. The van der Waals surface area contributed by atoms with Gasteiger partial charge in [-0.1, -0.05) is 35.9 Å². The number of pyridine rings is 1. The van der Waals surface area contributed by atoms with Crippen LogP contribution in [-0.2, 0) is 4.74 Å². The van der Waals surface area contributed by atoms with Gasteiger partial charge in [-0.05, 0) is 26.0 Å². The summed E-state index contributed by atoms with van der Waals surface area (Å²) in [6.07, 6.45) is 4.26. The molecule has 0 aliphatic heterocycles. The Kier molecular flexibility index (Phi) is 9.35. The molecule has 26 heavy (non-hydrogen) atoms. The predicted molar refractivity (Wildman–Crippen MR) is 103 cm³/mol. The van der Waals surface area contributed by atoms with Gasteiger partial charge in [-0.25, -0.2) is 4.98 Å². The zero-order valence-corrected chi connectivity index (χ0v) is 15.6. The first-order valence-electron chi connectivity index (χ1n) is 8.19. The lowest BCUT2D eigenvalue weighted by atomic mass is 10.2. The zero-order valence-electron chi connectivity index (χ0n) is 15.6. The summed E-state index contributed by atoms with van der Waals surface area (Å²) in [6, 6.07) is 13.1. The van der Waals surface area contributed by atoms with E-state index in [0.717, 1.165) is 17.5 Å². The van der Waals surface area contributed by atoms with E-state index in [1.807, 2.05) is 62.5 Å². The number of aromatic nitrogens is 2. The van der Waals surface area contributed by atoms with Gasteiger partial charge >= 0.3 is 0 Å². The highest BCUT2D eigenvalue weighted by Gasteiger charge is 2.09. The van der Waals surface area contributed by atoms with E-state index < -0.39 is 0 Å². The quantitative estimate of drug-likeness (QED) is 0.733. The molecule has 0 radical (unpaired) electrons. The van der Waals surface area contributed by atoms with Gasteiger partial charge in [-0.3, -0.25) is 14.0 Å². The molecule has 0 saturated carbocycles. The largest absolute Gasteiger partial charge is 0.388 e. The summed E-state index contributed by atoms with van der Waals surface area (Å²) in [5.41, 5.74) is 3.28. The van der Waals surface area contributed by atoms with Crippen molar-refractivity contribution in [1.82, 2.24) is 14.7 Å². The Balaban J connectivity index is 0.000000243. The molecular formula is C20H25N3O3. The van der Waals surface area contributed by atoms with Crippen LogP contribution in [0.2, 0.25) is 0 Å². The molecule has 2 heterocycles. The molecule has 0 saturated heterocycles. The molecule has 0 atom stereocenters. The second kappa shape index (κ2) is 11.5. The first-order chi connectivity index (χ1) is 12.6. The summed E-state index contributed by atoms with van der Waals surface area (Å²) in [4.78, 5) is 25.8. The highest BCUT2D eigenvalue weighted by molar-refractivity contribution is 5.93. The Morgan fingerprint density at radius 3 is 2.42 bits per heavy atom. The van der Waals surface area contributed by atoms with Crippen LogP contribution in [0.4, 0.5) is 0 Å². The number of amides is 1. The number of rotatable bonds is 3. The van der Waals surface area contributed by atoms with E-state index in [4.69, 9.17) is 0 Å². The van der Waals surface area contributed by atoms with E-state index in [0.29, 0.717) is 12.2 Å². The van der Waals surface area contributed by atoms with Crippen LogP contribution >= 0.6 is 0 Å². The van der Waals surface area contributed by atoms with Gasteiger partial charge in [0.15, 0.2) is 0 Å². The maximum atomic E-state index is 11.5. The molecule has 6 nitrogen and oxygen atoms in total. The second-order valence-electron chi connectivity index (χ2n) is 5.37. The van der Waals surface area contributed by atoms with Crippen molar-refractivity contribution in [3.05, 3.63) is 71.7 Å². The molecule has 0 unspecified atom stereocenters. The van der Waals surface area contributed by atoms with E-state index in [2.05, 4.69) is 15.0 Å². The van der Waals surface area contributed by atoms with Gasteiger partial charge in [0.1, 0.15) is 17.6 Å². The molecule has 0 spiro atoms. The molecule has 0 bridgehead atoms. The average molecular weight is 355 g/mol. The van der Waals surface area contributed by atoms with Gasteiger partial charge in [0.05, 0.1) is 6.20 Å². The third-order valence-corrected chi connectivity index (χ3v) is 3.20. The van der Waals surface area contributed by atoms with Crippen molar-refractivity contribution in [3.63, 3.8) is 0 Å². The van der Waals surface area contributed by atoms with Gasteiger partial charge in [0.2, 0.25) is 0 Å². The Morgan fingerprint density at radius 2 is 1.85 bits per heavy atom. The average Bonchev–Trinajstić information content (AvgIpc) is 3.08. The van der Waals surface area contributed by atoms with Crippen molar-refractivity contribution in [1.29, 1.82) is 0 Å². The number of nitrogens with zero attached hydrogens (tertiary/aromatic N) is 2. The van der Waals surface area contributed by atoms with Crippen LogP contribution in [0.3, 0.4) is 0 Å². The van der Waals surface area contributed by atoms with Gasteiger partial charge < -0.3 is 10.1 Å². The van der Waals surface area contributed by atoms with Crippen molar-refractivity contribution < 1.29 is 14.3 Å². The number of carbonyl (C=O) groups excluding carboxylic acids is 2. The molecule has 0 aliphatic rings. The summed E-state index contributed by atoms with van der Waals surface area (Å²) in [5.74, 6) is -0.0915. The molecule has 6 heteroatoms. The summed E-state index contributed by atoms with van der Waals surface area (Å²) in [5, 5.41) is 2.74. The predicted octanol–water partition coefficient (Wildman–Crippen LogP) is 3.15. The van der Waals surface area contributed by atoms with Crippen molar-refractivity contribution in [3.8, 4) is 0 Å². The smallest absolute Gasteiger partial charge is 0.269 e. The lowest BCUT2D eigenvalue weighted by molar-refractivity contribution is 0.0949. The Morgan fingerprint density at radius 1 is 1.19 bits per heavy atom. The number of methoxy groups -OCH3 is 1. The van der Waals surface area contributed by atoms with E-state index >= 15 is 0 Å². The fraction of sp³-hybridized carbons (Fsp3) is 0.250. The Bertz CT molecular complexity index is 811. The van der Waals surface area contributed by atoms with E-state index in [1.165, 1.54) is 5.56 Å². The van der Waals surface area contributed by atoms with Crippen LogP contribution in [0.1, 0.15) is 33.3 Å². The molecule has 2 aromatic heterocycles. The number of aryl methyl sites for hydroxylation is 1. The number of imidazole rings is 1. The van der Waals surface area contributed by atoms with Crippen LogP contribution in [0.15, 0.2) is 54.9 Å². The molecule has 1 N–H and O–H groups in total. The molecular weight excluding hydrogens is 330 g/mol. The van der Waals surface area contributed by atoms with Gasteiger partial charge in [0.25, 0.3) is 5.91 Å². The fourth-order valence-electron chi connectivity index (χ4n) is 2.00. The van der Waals surface area contributed by atoms with Crippen LogP contribution in [0, 0.1) is 6.92 Å². The van der Waals surface area contributed by atoms with Crippen LogP contribution in [0.5, 0.6) is 0 Å². The molecule has 1 amide bonds. The number of nitrogens with one attached hydrogen (secondary N) is 1. The second-order valence-corrected chi connectivity index (χ2v) is 5.37.